The van der Waals surface area contributed by atoms with Crippen LogP contribution >= 0.6 is 0 Å². The summed E-state index contributed by atoms with van der Waals surface area (Å²) in [6.07, 6.45) is 0. The molecule has 23 heavy (non-hydrogen) atoms. The first-order chi connectivity index (χ1) is 10.9. The Morgan fingerprint density at radius 3 is 2.13 bits per heavy atom. The van der Waals surface area contributed by atoms with Crippen molar-refractivity contribution in [3.05, 3.63) is 47.3 Å². The van der Waals surface area contributed by atoms with Gasteiger partial charge in [0.15, 0.2) is 0 Å². The van der Waals surface area contributed by atoms with Gasteiger partial charge in [-0.1, -0.05) is 0 Å². The van der Waals surface area contributed by atoms with Crippen LogP contribution in [0.15, 0.2) is 18.2 Å². The van der Waals surface area contributed by atoms with Crippen LogP contribution in [0, 0.1) is 23.5 Å². The van der Waals surface area contributed by atoms with E-state index in [0.29, 0.717) is 17.1 Å². The number of methoxy groups -OCH3 is 2. The van der Waals surface area contributed by atoms with Crippen molar-refractivity contribution in [1.29, 1.82) is 0 Å². The van der Waals surface area contributed by atoms with Gasteiger partial charge in [0, 0.05) is 5.56 Å². The normalized spacial score (nSPS) is 12.0. The summed E-state index contributed by atoms with van der Waals surface area (Å²) in [5.41, 5.74) is -0.448. The van der Waals surface area contributed by atoms with Crippen LogP contribution in [0.4, 0.5) is 23.2 Å². The first-order valence-electron chi connectivity index (χ1n) is 6.57. The lowest BCUT2D eigenvalue weighted by molar-refractivity contribution is 0.396. The maximum Gasteiger partial charge on any atom is 0.253 e. The van der Waals surface area contributed by atoms with Crippen molar-refractivity contribution >= 4 is 5.69 Å². The van der Waals surface area contributed by atoms with Crippen LogP contribution in [0.3, 0.4) is 0 Å². The third-order valence-electron chi connectivity index (χ3n) is 3.26. The third kappa shape index (κ3) is 3.30. The van der Waals surface area contributed by atoms with E-state index in [1.54, 1.807) is 25.1 Å². The van der Waals surface area contributed by atoms with Gasteiger partial charge in [-0.3, -0.25) is 0 Å². The molecule has 0 saturated heterocycles. The fourth-order valence-corrected chi connectivity index (χ4v) is 2.09. The van der Waals surface area contributed by atoms with E-state index in [1.807, 2.05) is 0 Å². The summed E-state index contributed by atoms with van der Waals surface area (Å²) >= 11 is 0. The Hall–Kier alpha value is -2.51. The molecule has 0 bridgehead atoms. The Kier molecular flexibility index (Phi) is 4.92. The van der Waals surface area contributed by atoms with Crippen molar-refractivity contribution in [2.24, 2.45) is 0 Å². The van der Waals surface area contributed by atoms with E-state index in [4.69, 9.17) is 9.47 Å². The molecule has 0 aliphatic rings. The van der Waals surface area contributed by atoms with Crippen LogP contribution in [-0.4, -0.2) is 19.2 Å². The quantitative estimate of drug-likeness (QED) is 0.668. The summed E-state index contributed by atoms with van der Waals surface area (Å²) in [5.74, 6) is -5.74. The second-order valence-corrected chi connectivity index (χ2v) is 4.67. The number of benzene rings is 1. The Morgan fingerprint density at radius 2 is 1.61 bits per heavy atom. The fourth-order valence-electron chi connectivity index (χ4n) is 2.09. The molecule has 2 rings (SSSR count). The van der Waals surface area contributed by atoms with Crippen molar-refractivity contribution in [3.8, 4) is 11.5 Å². The number of halogens is 4. The van der Waals surface area contributed by atoms with Gasteiger partial charge in [0.2, 0.25) is 11.6 Å². The number of nitrogens with zero attached hydrogens (tertiary/aromatic N) is 1. The maximum atomic E-state index is 13.7. The molecule has 0 amide bonds. The average molecular weight is 330 g/mol. The highest BCUT2D eigenvalue weighted by Gasteiger charge is 2.23. The van der Waals surface area contributed by atoms with Crippen LogP contribution < -0.4 is 14.8 Å². The summed E-state index contributed by atoms with van der Waals surface area (Å²) in [4.78, 5) is 2.51. The molecule has 0 spiro atoms. The van der Waals surface area contributed by atoms with Gasteiger partial charge in [-0.05, 0) is 25.1 Å². The second kappa shape index (κ2) is 6.72. The van der Waals surface area contributed by atoms with E-state index in [1.165, 1.54) is 14.2 Å². The van der Waals surface area contributed by atoms with E-state index >= 15 is 0 Å². The number of aromatic nitrogens is 1. The Morgan fingerprint density at radius 1 is 1.00 bits per heavy atom. The number of hydrogen-bond donors (Lipinski definition) is 1. The topological polar surface area (TPSA) is 43.4 Å². The average Bonchev–Trinajstić information content (AvgIpc) is 2.56. The fraction of sp³-hybridized carbons (Fsp3) is 0.267. The lowest BCUT2D eigenvalue weighted by Gasteiger charge is -2.20. The summed E-state index contributed by atoms with van der Waals surface area (Å²) in [6.45, 7) is 1.55. The molecule has 0 aliphatic heterocycles. The molecular formula is C15H14F4N2O2. The van der Waals surface area contributed by atoms with Crippen molar-refractivity contribution in [3.63, 3.8) is 0 Å². The lowest BCUT2D eigenvalue weighted by atomic mass is 10.1. The molecule has 4 nitrogen and oxygen atoms in total. The third-order valence-corrected chi connectivity index (χ3v) is 3.26. The number of anilines is 1. The lowest BCUT2D eigenvalue weighted by Crippen LogP contribution is -2.14. The molecule has 8 heteroatoms. The highest BCUT2D eigenvalue weighted by Crippen LogP contribution is 2.33. The smallest absolute Gasteiger partial charge is 0.253 e. The van der Waals surface area contributed by atoms with E-state index in [-0.39, 0.29) is 0 Å². The number of pyridine rings is 1. The van der Waals surface area contributed by atoms with E-state index in [0.717, 1.165) is 0 Å². The minimum Gasteiger partial charge on any atom is -0.497 e. The first-order valence-corrected chi connectivity index (χ1v) is 6.57. The van der Waals surface area contributed by atoms with Gasteiger partial charge in [-0.2, -0.15) is 22.5 Å². The minimum atomic E-state index is -1.73. The molecule has 1 aromatic heterocycles. The van der Waals surface area contributed by atoms with Crippen molar-refractivity contribution < 1.29 is 27.0 Å². The number of hydrogen-bond acceptors (Lipinski definition) is 4. The number of nitrogens with one attached hydrogen (secondary N) is 1. The van der Waals surface area contributed by atoms with Gasteiger partial charge in [0.05, 0.1) is 20.3 Å². The van der Waals surface area contributed by atoms with Crippen molar-refractivity contribution in [2.75, 3.05) is 19.5 Å². The Balaban J connectivity index is 2.42. The summed E-state index contributed by atoms with van der Waals surface area (Å²) in [5, 5.41) is 2.40. The van der Waals surface area contributed by atoms with E-state index < -0.39 is 35.3 Å². The van der Waals surface area contributed by atoms with Crippen molar-refractivity contribution in [2.45, 2.75) is 13.0 Å². The van der Waals surface area contributed by atoms with E-state index in [2.05, 4.69) is 10.3 Å². The van der Waals surface area contributed by atoms with Gasteiger partial charge in [0.1, 0.15) is 17.2 Å². The van der Waals surface area contributed by atoms with Gasteiger partial charge < -0.3 is 14.8 Å². The predicted octanol–water partition coefficient (Wildman–Crippen LogP) is 3.83. The molecule has 2 aromatic rings. The standard InChI is InChI=1S/C15H14F4N2O2/c1-7(9-6-8(22-2)4-5-10(9)23-3)20-13-11(16)14(18)21-15(19)12(13)17/h4-7H,1-3H3,(H,20,21). The largest absolute Gasteiger partial charge is 0.497 e. The van der Waals surface area contributed by atoms with Crippen LogP contribution in [-0.2, 0) is 0 Å². The Labute approximate surface area is 130 Å². The van der Waals surface area contributed by atoms with Crippen molar-refractivity contribution in [1.82, 2.24) is 4.98 Å². The SMILES string of the molecule is COc1ccc(OC)c(C(C)Nc2c(F)c(F)nc(F)c2F)c1. The van der Waals surface area contributed by atoms with Gasteiger partial charge in [-0.15, -0.1) is 0 Å². The molecule has 1 aromatic carbocycles. The molecular weight excluding hydrogens is 316 g/mol. The molecule has 1 N–H and O–H groups in total. The van der Waals surface area contributed by atoms with Crippen LogP contribution in [0.1, 0.15) is 18.5 Å². The molecule has 0 radical (unpaired) electrons. The van der Waals surface area contributed by atoms with Gasteiger partial charge >= 0.3 is 0 Å². The molecule has 0 aliphatic carbocycles. The molecule has 0 fully saturated rings. The minimum absolute atomic E-state index is 0.418. The van der Waals surface area contributed by atoms with Crippen LogP contribution in [0.2, 0.25) is 0 Å². The summed E-state index contributed by atoms with van der Waals surface area (Å²) < 4.78 is 63.9. The highest BCUT2D eigenvalue weighted by molar-refractivity contribution is 5.50. The molecule has 0 saturated carbocycles. The second-order valence-electron chi connectivity index (χ2n) is 4.67. The number of ether oxygens (including phenoxy) is 2. The zero-order valence-corrected chi connectivity index (χ0v) is 12.6. The molecule has 1 heterocycles. The molecule has 1 unspecified atom stereocenters. The number of rotatable bonds is 5. The van der Waals surface area contributed by atoms with Crippen LogP contribution in [0.25, 0.3) is 0 Å². The molecule has 124 valence electrons. The van der Waals surface area contributed by atoms with Crippen LogP contribution in [0.5, 0.6) is 11.5 Å². The van der Waals surface area contributed by atoms with E-state index in [9.17, 15) is 17.6 Å². The first kappa shape index (κ1) is 16.9. The maximum absolute atomic E-state index is 13.7. The zero-order chi connectivity index (χ0) is 17.1. The molecule has 1 atom stereocenters. The highest BCUT2D eigenvalue weighted by atomic mass is 19.2. The Bertz CT molecular complexity index is 699. The summed E-state index contributed by atoms with van der Waals surface area (Å²) in [6, 6.07) is 4.10. The summed E-state index contributed by atoms with van der Waals surface area (Å²) in [7, 11) is 2.88. The van der Waals surface area contributed by atoms with Gasteiger partial charge in [0.25, 0.3) is 11.9 Å². The zero-order valence-electron chi connectivity index (χ0n) is 12.6. The van der Waals surface area contributed by atoms with Gasteiger partial charge in [-0.25, -0.2) is 0 Å². The monoisotopic (exact) mass is 330 g/mol. The predicted molar refractivity (Wildman–Crippen MR) is 75.7 cm³/mol.